The molecule has 0 radical (unpaired) electrons. The Balaban J connectivity index is 2.06. The Bertz CT molecular complexity index is 576. The summed E-state index contributed by atoms with van der Waals surface area (Å²) in [6.45, 7) is 0. The molecule has 3 rings (SSSR count). The Labute approximate surface area is 108 Å². The molecule has 2 aromatic heterocycles. The van der Waals surface area contributed by atoms with Crippen molar-refractivity contribution >= 4 is 17.3 Å². The van der Waals surface area contributed by atoms with Crippen LogP contribution in [-0.4, -0.2) is 26.7 Å². The Kier molecular flexibility index (Phi) is 2.68. The molecule has 2 aromatic rings. The number of aromatic nitrogens is 2. The number of carboxylic acids is 1. The van der Waals surface area contributed by atoms with Crippen LogP contribution in [0.3, 0.4) is 0 Å². The van der Waals surface area contributed by atoms with Gasteiger partial charge in [-0.3, -0.25) is 10.1 Å². The van der Waals surface area contributed by atoms with Gasteiger partial charge in [-0.05, 0) is 11.4 Å². The van der Waals surface area contributed by atoms with Crippen LogP contribution in [-0.2, 0) is 18.3 Å². The van der Waals surface area contributed by atoms with Crippen molar-refractivity contribution in [2.45, 2.75) is 18.5 Å². The first-order valence-corrected chi connectivity index (χ1v) is 6.57. The predicted molar refractivity (Wildman–Crippen MR) is 67.6 cm³/mol. The number of rotatable bonds is 2. The minimum Gasteiger partial charge on any atom is -0.480 e. The lowest BCUT2D eigenvalue weighted by Gasteiger charge is -2.28. The van der Waals surface area contributed by atoms with E-state index in [9.17, 15) is 9.90 Å². The molecule has 5 nitrogen and oxygen atoms in total. The molecule has 2 N–H and O–H groups in total. The molecule has 0 bridgehead atoms. The van der Waals surface area contributed by atoms with Gasteiger partial charge in [-0.15, -0.1) is 11.3 Å². The molecule has 1 aliphatic heterocycles. The molecule has 94 valence electrons. The molecule has 2 atom stereocenters. The maximum atomic E-state index is 11.2. The van der Waals surface area contributed by atoms with Crippen molar-refractivity contribution in [3.05, 3.63) is 40.1 Å². The number of nitrogens with zero attached hydrogens (tertiary/aromatic N) is 2. The van der Waals surface area contributed by atoms with E-state index in [2.05, 4.69) is 10.3 Å². The van der Waals surface area contributed by atoms with E-state index >= 15 is 0 Å². The minimum atomic E-state index is -0.816. The van der Waals surface area contributed by atoms with E-state index < -0.39 is 12.0 Å². The molecular weight excluding hydrogens is 250 g/mol. The molecule has 0 fully saturated rings. The maximum Gasteiger partial charge on any atom is 0.321 e. The predicted octanol–water partition coefficient (Wildman–Crippen LogP) is 1.17. The number of imidazole rings is 1. The normalized spacial score (nSPS) is 22.7. The maximum absolute atomic E-state index is 11.2. The van der Waals surface area contributed by atoms with Gasteiger partial charge in [0.15, 0.2) is 0 Å². The van der Waals surface area contributed by atoms with E-state index in [-0.39, 0.29) is 6.04 Å². The molecule has 1 aliphatic rings. The Morgan fingerprint density at radius 2 is 2.50 bits per heavy atom. The summed E-state index contributed by atoms with van der Waals surface area (Å²) in [5.74, 6) is -0.816. The van der Waals surface area contributed by atoms with Crippen LogP contribution in [0.2, 0.25) is 0 Å². The van der Waals surface area contributed by atoms with Crippen molar-refractivity contribution in [2.75, 3.05) is 0 Å². The van der Waals surface area contributed by atoms with Crippen LogP contribution in [0.25, 0.3) is 0 Å². The van der Waals surface area contributed by atoms with E-state index in [4.69, 9.17) is 0 Å². The zero-order chi connectivity index (χ0) is 12.7. The number of carboxylic acid groups (broad SMARTS) is 1. The third kappa shape index (κ3) is 1.74. The Morgan fingerprint density at radius 1 is 1.67 bits per heavy atom. The quantitative estimate of drug-likeness (QED) is 0.853. The molecule has 2 unspecified atom stereocenters. The van der Waals surface area contributed by atoms with Crippen LogP contribution >= 0.6 is 11.3 Å². The summed E-state index contributed by atoms with van der Waals surface area (Å²) in [6, 6.07) is 3.30. The van der Waals surface area contributed by atoms with Gasteiger partial charge in [0, 0.05) is 24.0 Å². The van der Waals surface area contributed by atoms with Gasteiger partial charge in [-0.1, -0.05) is 6.07 Å². The van der Waals surface area contributed by atoms with Crippen LogP contribution in [0.4, 0.5) is 0 Å². The molecule has 3 heterocycles. The van der Waals surface area contributed by atoms with E-state index in [1.165, 1.54) is 0 Å². The standard InChI is InChI=1S/C12H13N3O2S/c1-15-6-13-10-8(15)5-7(12(16)17)14-11(10)9-3-2-4-18-9/h2-4,6-7,11,14H,5H2,1H3,(H,16,17). The van der Waals surface area contributed by atoms with Crippen molar-refractivity contribution in [3.63, 3.8) is 0 Å². The zero-order valence-electron chi connectivity index (χ0n) is 9.83. The average Bonchev–Trinajstić information content (AvgIpc) is 2.98. The van der Waals surface area contributed by atoms with Crippen molar-refractivity contribution in [3.8, 4) is 0 Å². The second kappa shape index (κ2) is 4.22. The summed E-state index contributed by atoms with van der Waals surface area (Å²) < 4.78 is 1.91. The van der Waals surface area contributed by atoms with Crippen LogP contribution in [0, 0.1) is 0 Å². The van der Waals surface area contributed by atoms with Crippen molar-refractivity contribution < 1.29 is 9.90 Å². The molecule has 0 saturated heterocycles. The lowest BCUT2D eigenvalue weighted by molar-refractivity contribution is -0.139. The number of carbonyl (C=O) groups is 1. The first kappa shape index (κ1) is 11.4. The first-order chi connectivity index (χ1) is 8.66. The van der Waals surface area contributed by atoms with E-state index in [1.54, 1.807) is 17.7 Å². The number of nitrogens with one attached hydrogen (secondary N) is 1. The van der Waals surface area contributed by atoms with Gasteiger partial charge in [0.1, 0.15) is 6.04 Å². The highest BCUT2D eigenvalue weighted by atomic mass is 32.1. The highest BCUT2D eigenvalue weighted by Gasteiger charge is 2.34. The number of fused-ring (bicyclic) bond motifs is 1. The third-order valence-electron chi connectivity index (χ3n) is 3.26. The molecule has 0 aliphatic carbocycles. The van der Waals surface area contributed by atoms with Gasteiger partial charge in [0.2, 0.25) is 0 Å². The van der Waals surface area contributed by atoms with Gasteiger partial charge in [0.05, 0.1) is 18.1 Å². The zero-order valence-corrected chi connectivity index (χ0v) is 10.6. The molecule has 0 spiro atoms. The monoisotopic (exact) mass is 263 g/mol. The first-order valence-electron chi connectivity index (χ1n) is 5.69. The van der Waals surface area contributed by atoms with Crippen molar-refractivity contribution in [1.82, 2.24) is 14.9 Å². The SMILES string of the molecule is Cn1cnc2c1CC(C(=O)O)NC2c1cccs1. The molecular formula is C12H13N3O2S. The van der Waals surface area contributed by atoms with Gasteiger partial charge >= 0.3 is 5.97 Å². The fraction of sp³-hybridized carbons (Fsp3) is 0.333. The number of hydrogen-bond donors (Lipinski definition) is 2. The fourth-order valence-corrected chi connectivity index (χ4v) is 3.11. The van der Waals surface area contributed by atoms with Crippen molar-refractivity contribution in [1.29, 1.82) is 0 Å². The molecule has 6 heteroatoms. The lowest BCUT2D eigenvalue weighted by atomic mass is 9.98. The summed E-state index contributed by atoms with van der Waals surface area (Å²) in [5.41, 5.74) is 1.94. The lowest BCUT2D eigenvalue weighted by Crippen LogP contribution is -2.45. The molecule has 0 amide bonds. The van der Waals surface area contributed by atoms with Crippen LogP contribution in [0.1, 0.15) is 22.3 Å². The van der Waals surface area contributed by atoms with E-state index in [1.807, 2.05) is 29.1 Å². The van der Waals surface area contributed by atoms with Gasteiger partial charge in [0.25, 0.3) is 0 Å². The van der Waals surface area contributed by atoms with Crippen LogP contribution in [0.5, 0.6) is 0 Å². The topological polar surface area (TPSA) is 67.2 Å². The summed E-state index contributed by atoms with van der Waals surface area (Å²) in [6.07, 6.45) is 2.22. The molecule has 18 heavy (non-hydrogen) atoms. The minimum absolute atomic E-state index is 0.115. The number of aliphatic carboxylic acids is 1. The summed E-state index contributed by atoms with van der Waals surface area (Å²) in [4.78, 5) is 16.7. The van der Waals surface area contributed by atoms with Crippen LogP contribution in [0.15, 0.2) is 23.8 Å². The third-order valence-corrected chi connectivity index (χ3v) is 4.19. The van der Waals surface area contributed by atoms with Gasteiger partial charge in [-0.25, -0.2) is 4.98 Å². The fourth-order valence-electron chi connectivity index (χ4n) is 2.33. The Hall–Kier alpha value is -1.66. The van der Waals surface area contributed by atoms with Crippen molar-refractivity contribution in [2.24, 2.45) is 7.05 Å². The average molecular weight is 263 g/mol. The second-order valence-corrected chi connectivity index (χ2v) is 5.38. The number of thiophene rings is 1. The summed E-state index contributed by atoms with van der Waals surface area (Å²) in [5, 5.41) is 14.4. The highest BCUT2D eigenvalue weighted by Crippen LogP contribution is 2.31. The summed E-state index contributed by atoms with van der Waals surface area (Å²) >= 11 is 1.61. The Morgan fingerprint density at radius 3 is 3.17 bits per heavy atom. The number of hydrogen-bond acceptors (Lipinski definition) is 4. The second-order valence-electron chi connectivity index (χ2n) is 4.40. The van der Waals surface area contributed by atoms with Gasteiger partial charge in [-0.2, -0.15) is 0 Å². The van der Waals surface area contributed by atoms with Gasteiger partial charge < -0.3 is 9.67 Å². The van der Waals surface area contributed by atoms with E-state index in [0.29, 0.717) is 6.42 Å². The van der Waals surface area contributed by atoms with E-state index in [0.717, 1.165) is 16.3 Å². The summed E-state index contributed by atoms with van der Waals surface area (Å²) in [7, 11) is 1.90. The molecule has 0 aromatic carbocycles. The largest absolute Gasteiger partial charge is 0.480 e. The smallest absolute Gasteiger partial charge is 0.321 e. The molecule has 0 saturated carbocycles. The highest BCUT2D eigenvalue weighted by molar-refractivity contribution is 7.10. The number of aryl methyl sites for hydroxylation is 1. The van der Waals surface area contributed by atoms with Crippen LogP contribution < -0.4 is 5.32 Å².